The molecule has 1 saturated heterocycles. The standard InChI is InChI=1S/C18H20N6O/c1-2-23-13-7-4-3-6-12(13)22-17(23)14-8-5-11-24(14)18(25)15-16(19)21-10-9-20-15/h3-4,6-7,9-10,14H,2,5,8,11H2,1H3,(H2,19,21)/t14-/m1/s1. The number of benzene rings is 1. The van der Waals surface area contributed by atoms with Gasteiger partial charge in [0.2, 0.25) is 0 Å². The van der Waals surface area contributed by atoms with Gasteiger partial charge in [-0.3, -0.25) is 4.79 Å². The number of imidazole rings is 1. The molecule has 1 amide bonds. The first-order valence-corrected chi connectivity index (χ1v) is 8.53. The third-order valence-corrected chi connectivity index (χ3v) is 4.74. The van der Waals surface area contributed by atoms with Crippen molar-refractivity contribution < 1.29 is 4.79 Å². The first-order valence-electron chi connectivity index (χ1n) is 8.53. The van der Waals surface area contributed by atoms with Gasteiger partial charge < -0.3 is 15.2 Å². The maximum Gasteiger partial charge on any atom is 0.276 e. The number of fused-ring (bicyclic) bond motifs is 1. The number of rotatable bonds is 3. The molecule has 0 bridgehead atoms. The third-order valence-electron chi connectivity index (χ3n) is 4.74. The molecule has 128 valence electrons. The molecule has 1 aliphatic heterocycles. The lowest BCUT2D eigenvalue weighted by atomic mass is 10.2. The van der Waals surface area contributed by atoms with E-state index in [-0.39, 0.29) is 23.5 Å². The molecule has 2 N–H and O–H groups in total. The second kappa shape index (κ2) is 6.16. The van der Waals surface area contributed by atoms with E-state index in [1.165, 1.54) is 12.4 Å². The lowest BCUT2D eigenvalue weighted by molar-refractivity contribution is 0.0722. The Labute approximate surface area is 145 Å². The van der Waals surface area contributed by atoms with Crippen molar-refractivity contribution in [1.29, 1.82) is 0 Å². The number of hydrogen-bond acceptors (Lipinski definition) is 5. The van der Waals surface area contributed by atoms with Gasteiger partial charge in [0.05, 0.1) is 17.1 Å². The molecule has 0 radical (unpaired) electrons. The predicted octanol–water partition coefficient (Wildman–Crippen LogP) is 2.41. The van der Waals surface area contributed by atoms with E-state index in [0.717, 1.165) is 36.2 Å². The van der Waals surface area contributed by atoms with E-state index in [1.807, 2.05) is 23.1 Å². The maximum absolute atomic E-state index is 13.0. The Morgan fingerprint density at radius 3 is 2.88 bits per heavy atom. The van der Waals surface area contributed by atoms with Gasteiger partial charge in [0.1, 0.15) is 5.82 Å². The van der Waals surface area contributed by atoms with Crippen LogP contribution in [-0.4, -0.2) is 36.9 Å². The van der Waals surface area contributed by atoms with Crippen LogP contribution in [0.15, 0.2) is 36.7 Å². The molecular weight excluding hydrogens is 316 g/mol. The van der Waals surface area contributed by atoms with E-state index in [9.17, 15) is 4.79 Å². The molecule has 1 fully saturated rings. The van der Waals surface area contributed by atoms with Crippen LogP contribution in [0.3, 0.4) is 0 Å². The number of carbonyl (C=O) groups excluding carboxylic acids is 1. The highest BCUT2D eigenvalue weighted by molar-refractivity contribution is 5.96. The number of anilines is 1. The first kappa shape index (κ1) is 15.6. The summed E-state index contributed by atoms with van der Waals surface area (Å²) in [6.45, 7) is 3.58. The summed E-state index contributed by atoms with van der Waals surface area (Å²) >= 11 is 0. The molecular formula is C18H20N6O. The zero-order chi connectivity index (χ0) is 17.4. The number of aromatic nitrogens is 4. The Balaban J connectivity index is 1.75. The average Bonchev–Trinajstić information content (AvgIpc) is 3.25. The molecule has 1 aliphatic rings. The van der Waals surface area contributed by atoms with Gasteiger partial charge in [0.25, 0.3) is 5.91 Å². The molecule has 25 heavy (non-hydrogen) atoms. The number of para-hydroxylation sites is 2. The number of amides is 1. The summed E-state index contributed by atoms with van der Waals surface area (Å²) in [5.41, 5.74) is 8.12. The Bertz CT molecular complexity index is 934. The molecule has 3 heterocycles. The molecule has 1 atom stereocenters. The van der Waals surface area contributed by atoms with Crippen molar-refractivity contribution in [2.24, 2.45) is 0 Å². The summed E-state index contributed by atoms with van der Waals surface area (Å²) in [5, 5.41) is 0. The summed E-state index contributed by atoms with van der Waals surface area (Å²) in [4.78, 5) is 27.7. The average molecular weight is 336 g/mol. The molecule has 0 aliphatic carbocycles. The van der Waals surface area contributed by atoms with Crippen molar-refractivity contribution in [3.05, 3.63) is 48.2 Å². The number of nitrogens with two attached hydrogens (primary N) is 1. The molecule has 0 saturated carbocycles. The third kappa shape index (κ3) is 2.52. The van der Waals surface area contributed by atoms with E-state index in [4.69, 9.17) is 10.7 Å². The van der Waals surface area contributed by atoms with Crippen molar-refractivity contribution in [3.63, 3.8) is 0 Å². The Kier molecular flexibility index (Phi) is 3.83. The number of hydrogen-bond donors (Lipinski definition) is 1. The summed E-state index contributed by atoms with van der Waals surface area (Å²) in [6.07, 6.45) is 4.80. The highest BCUT2D eigenvalue weighted by Crippen LogP contribution is 2.34. The number of carbonyl (C=O) groups is 1. The van der Waals surface area contributed by atoms with Crippen molar-refractivity contribution in [2.45, 2.75) is 32.4 Å². The van der Waals surface area contributed by atoms with Crippen LogP contribution in [-0.2, 0) is 6.54 Å². The molecule has 3 aromatic rings. The van der Waals surface area contributed by atoms with E-state index in [0.29, 0.717) is 6.54 Å². The maximum atomic E-state index is 13.0. The largest absolute Gasteiger partial charge is 0.382 e. The van der Waals surface area contributed by atoms with Gasteiger partial charge in [0, 0.05) is 25.5 Å². The molecule has 4 rings (SSSR count). The van der Waals surface area contributed by atoms with Gasteiger partial charge in [0.15, 0.2) is 11.5 Å². The van der Waals surface area contributed by atoms with Gasteiger partial charge in [-0.1, -0.05) is 12.1 Å². The fraction of sp³-hybridized carbons (Fsp3) is 0.333. The van der Waals surface area contributed by atoms with Gasteiger partial charge in [-0.2, -0.15) is 0 Å². The van der Waals surface area contributed by atoms with Crippen molar-refractivity contribution in [1.82, 2.24) is 24.4 Å². The molecule has 0 spiro atoms. The van der Waals surface area contributed by atoms with E-state index in [1.54, 1.807) is 0 Å². The zero-order valence-electron chi connectivity index (χ0n) is 14.1. The summed E-state index contributed by atoms with van der Waals surface area (Å²) in [5.74, 6) is 0.918. The summed E-state index contributed by atoms with van der Waals surface area (Å²) in [7, 11) is 0. The van der Waals surface area contributed by atoms with Gasteiger partial charge in [-0.25, -0.2) is 15.0 Å². The van der Waals surface area contributed by atoms with Gasteiger partial charge in [-0.15, -0.1) is 0 Å². The molecule has 2 aromatic heterocycles. The zero-order valence-corrected chi connectivity index (χ0v) is 14.1. The monoisotopic (exact) mass is 336 g/mol. The Morgan fingerprint density at radius 2 is 2.08 bits per heavy atom. The first-order chi connectivity index (χ1) is 12.2. The highest BCUT2D eigenvalue weighted by atomic mass is 16.2. The number of nitrogen functional groups attached to an aromatic ring is 1. The minimum atomic E-state index is -0.178. The van der Waals surface area contributed by atoms with Gasteiger partial charge in [-0.05, 0) is 31.9 Å². The van der Waals surface area contributed by atoms with E-state index < -0.39 is 0 Å². The van der Waals surface area contributed by atoms with Crippen LogP contribution >= 0.6 is 0 Å². The molecule has 1 aromatic carbocycles. The lowest BCUT2D eigenvalue weighted by Crippen LogP contribution is -2.33. The summed E-state index contributed by atoms with van der Waals surface area (Å²) < 4.78 is 2.19. The Hall–Kier alpha value is -2.96. The minimum Gasteiger partial charge on any atom is -0.382 e. The number of nitrogens with zero attached hydrogens (tertiary/aromatic N) is 5. The second-order valence-corrected chi connectivity index (χ2v) is 6.15. The van der Waals surface area contributed by atoms with Crippen LogP contribution in [0, 0.1) is 0 Å². The van der Waals surface area contributed by atoms with Crippen LogP contribution < -0.4 is 5.73 Å². The van der Waals surface area contributed by atoms with E-state index >= 15 is 0 Å². The SMILES string of the molecule is CCn1c([C@H]2CCCN2C(=O)c2nccnc2N)nc2ccccc21. The Morgan fingerprint density at radius 1 is 1.28 bits per heavy atom. The second-order valence-electron chi connectivity index (χ2n) is 6.15. The van der Waals surface area contributed by atoms with Crippen LogP contribution in [0.4, 0.5) is 5.82 Å². The normalized spacial score (nSPS) is 17.3. The number of aryl methyl sites for hydroxylation is 1. The van der Waals surface area contributed by atoms with Gasteiger partial charge >= 0.3 is 0 Å². The van der Waals surface area contributed by atoms with Crippen LogP contribution in [0.5, 0.6) is 0 Å². The fourth-order valence-corrected chi connectivity index (χ4v) is 3.61. The van der Waals surface area contributed by atoms with Crippen LogP contribution in [0.2, 0.25) is 0 Å². The molecule has 0 unspecified atom stereocenters. The van der Waals surface area contributed by atoms with E-state index in [2.05, 4.69) is 27.5 Å². The fourth-order valence-electron chi connectivity index (χ4n) is 3.61. The predicted molar refractivity (Wildman–Crippen MR) is 94.9 cm³/mol. The quantitative estimate of drug-likeness (QED) is 0.793. The number of likely N-dealkylation sites (tertiary alicyclic amines) is 1. The van der Waals surface area contributed by atoms with Crippen LogP contribution in [0.25, 0.3) is 11.0 Å². The van der Waals surface area contributed by atoms with Crippen molar-refractivity contribution in [3.8, 4) is 0 Å². The smallest absolute Gasteiger partial charge is 0.276 e. The van der Waals surface area contributed by atoms with Crippen molar-refractivity contribution in [2.75, 3.05) is 12.3 Å². The molecule has 7 nitrogen and oxygen atoms in total. The topological polar surface area (TPSA) is 89.9 Å². The molecule has 7 heteroatoms. The van der Waals surface area contributed by atoms with Crippen molar-refractivity contribution >= 4 is 22.8 Å². The highest BCUT2D eigenvalue weighted by Gasteiger charge is 2.35. The van der Waals surface area contributed by atoms with Crippen LogP contribution in [0.1, 0.15) is 42.1 Å². The minimum absolute atomic E-state index is 0.0683. The summed E-state index contributed by atoms with van der Waals surface area (Å²) in [6, 6.07) is 8.00. The lowest BCUT2D eigenvalue weighted by Gasteiger charge is -2.24.